The van der Waals surface area contributed by atoms with Crippen LogP contribution in [0.2, 0.25) is 0 Å². The van der Waals surface area contributed by atoms with Crippen molar-refractivity contribution in [3.63, 3.8) is 0 Å². The van der Waals surface area contributed by atoms with E-state index in [1.54, 1.807) is 55.4 Å². The minimum absolute atomic E-state index is 0.283. The summed E-state index contributed by atoms with van der Waals surface area (Å²) in [6.45, 7) is 8.90. The van der Waals surface area contributed by atoms with Crippen LogP contribution in [0.25, 0.3) is 0 Å². The van der Waals surface area contributed by atoms with E-state index in [-0.39, 0.29) is 23.7 Å². The van der Waals surface area contributed by atoms with Gasteiger partial charge in [0, 0.05) is 11.8 Å². The molecule has 0 aromatic rings. The first-order valence-electron chi connectivity index (χ1n) is 27.7. The van der Waals surface area contributed by atoms with Gasteiger partial charge < -0.3 is 144 Å². The van der Waals surface area contributed by atoms with Gasteiger partial charge in [-0.25, -0.2) is 0 Å². The van der Waals surface area contributed by atoms with Gasteiger partial charge in [-0.05, 0) is 23.7 Å². The van der Waals surface area contributed by atoms with Gasteiger partial charge in [-0.3, -0.25) is 0 Å². The van der Waals surface area contributed by atoms with Crippen LogP contribution < -0.4 is 0 Å². The standard InChI is InChI=1S/C51H92O29/c1-17(2)28-22(9-52)73-48(38(65)30(28)57)79-46-26(75-50(40(67)36(46)63)77-44-24(11-54)71-42(19(5)6)32(59)34(44)61)15-69-13-21(56)14-70-16-27-47(80-49-39(66)31(58)29(18(3)4)23(10-53)74-49)37(64)41(68)51(76-27)78-45-25(12-55)72-43(20(7)8)33(60)35(45)62/h17-68H,9-16H2,1-8H3/t21-,22?,23?,24?,25?,26?,27?,28-,29+,30?,31?,32+,33-,34?,35?,36?,37?,38+,39-,40-,41+,42+,43-,44-,45+,46+,47-,48+,49-,50-,51+. The summed E-state index contributed by atoms with van der Waals surface area (Å²) in [5, 5.41) is 187. The second-order valence-electron chi connectivity index (χ2n) is 23.3. The van der Waals surface area contributed by atoms with E-state index in [1.165, 1.54) is 0 Å². The van der Waals surface area contributed by atoms with Crippen molar-refractivity contribution in [1.82, 2.24) is 0 Å². The van der Waals surface area contributed by atoms with Gasteiger partial charge in [0.15, 0.2) is 25.2 Å². The molecule has 0 saturated carbocycles. The van der Waals surface area contributed by atoms with E-state index < -0.39 is 242 Å². The SMILES string of the molecule is CC(C)[C@@H]1C(CO)O[C@@H](O[C@H]2C(COC[C@@H](O)COCC3O[C@@H](O[C@H]4C(CO)O[C@H](C(C)C)[C@H](O)C4O)[C@@H](O)C(O)[C@@H]3O[C@H]3OC(CO)[C@H](C(C)C)C(O)[C@H]3O)O[C@H](O[C@@H]3C(CO)O[C@@H](C(C)C)[C@@H](O)C3O)[C@H](O)C2O)[C@@H](O)C1O. The van der Waals surface area contributed by atoms with E-state index in [0.29, 0.717) is 0 Å². The molecule has 0 aromatic carbocycles. The maximum absolute atomic E-state index is 11.6. The molecule has 0 aromatic heterocycles. The van der Waals surface area contributed by atoms with Gasteiger partial charge in [-0.15, -0.1) is 0 Å². The molecule has 6 aliphatic heterocycles. The third-order valence-corrected chi connectivity index (χ3v) is 16.2. The molecule has 0 aliphatic carbocycles. The lowest BCUT2D eigenvalue weighted by Crippen LogP contribution is -2.66. The second-order valence-corrected chi connectivity index (χ2v) is 23.3. The lowest BCUT2D eigenvalue weighted by molar-refractivity contribution is -0.374. The van der Waals surface area contributed by atoms with Crippen LogP contribution in [0, 0.1) is 35.5 Å². The number of hydrogen-bond acceptors (Lipinski definition) is 29. The summed E-state index contributed by atoms with van der Waals surface area (Å²) in [6.07, 6.45) is -45.4. The number of aliphatic hydroxyl groups is 17. The average Bonchev–Trinajstić information content (AvgIpc) is 3.48. The molecule has 6 heterocycles. The fraction of sp³-hybridized carbons (Fsp3) is 1.00. The number of aliphatic hydroxyl groups excluding tert-OH is 17. The zero-order valence-electron chi connectivity index (χ0n) is 46.4. The van der Waals surface area contributed by atoms with Crippen LogP contribution in [0.15, 0.2) is 0 Å². The van der Waals surface area contributed by atoms with Crippen molar-refractivity contribution < 1.29 is 144 Å². The molecule has 0 radical (unpaired) electrons. The first-order chi connectivity index (χ1) is 37.7. The van der Waals surface area contributed by atoms with E-state index in [4.69, 9.17) is 56.8 Å². The molecular formula is C51H92O29. The smallest absolute Gasteiger partial charge is 0.187 e. The molecule has 0 amide bonds. The van der Waals surface area contributed by atoms with Crippen molar-refractivity contribution in [3.8, 4) is 0 Å². The van der Waals surface area contributed by atoms with E-state index in [9.17, 15) is 86.8 Å². The molecular weight excluding hydrogens is 1080 g/mol. The van der Waals surface area contributed by atoms with Crippen LogP contribution in [-0.2, 0) is 56.8 Å². The maximum Gasteiger partial charge on any atom is 0.187 e. The lowest BCUT2D eigenvalue weighted by atomic mass is 9.81. The van der Waals surface area contributed by atoms with Crippen LogP contribution >= 0.6 is 0 Å². The number of rotatable bonds is 24. The van der Waals surface area contributed by atoms with Gasteiger partial charge in [0.05, 0.1) is 89.5 Å². The van der Waals surface area contributed by atoms with Crippen molar-refractivity contribution in [1.29, 1.82) is 0 Å². The van der Waals surface area contributed by atoms with Gasteiger partial charge in [0.25, 0.3) is 0 Å². The van der Waals surface area contributed by atoms with Gasteiger partial charge in [0.1, 0.15) is 116 Å². The van der Waals surface area contributed by atoms with Crippen LogP contribution in [0.1, 0.15) is 55.4 Å². The topological polar surface area (TPSA) is 455 Å². The molecule has 29 nitrogen and oxygen atoms in total. The highest BCUT2D eigenvalue weighted by atomic mass is 16.8. The van der Waals surface area contributed by atoms with Crippen LogP contribution in [0.4, 0.5) is 0 Å². The van der Waals surface area contributed by atoms with Crippen molar-refractivity contribution in [2.24, 2.45) is 35.5 Å². The predicted octanol–water partition coefficient (Wildman–Crippen LogP) is -7.49. The Bertz CT molecular complexity index is 1680. The summed E-state index contributed by atoms with van der Waals surface area (Å²) < 4.78 is 71.1. The molecule has 0 bridgehead atoms. The monoisotopic (exact) mass is 1170 g/mol. The highest BCUT2D eigenvalue weighted by Crippen LogP contribution is 2.39. The van der Waals surface area contributed by atoms with Gasteiger partial charge in [-0.2, -0.15) is 0 Å². The third kappa shape index (κ3) is 15.1. The number of hydrogen-bond donors (Lipinski definition) is 17. The molecule has 0 spiro atoms. The summed E-state index contributed by atoms with van der Waals surface area (Å²) in [5.74, 6) is -2.69. The highest BCUT2D eigenvalue weighted by molar-refractivity contribution is 5.01. The summed E-state index contributed by atoms with van der Waals surface area (Å²) in [4.78, 5) is 0. The molecule has 12 unspecified atom stereocenters. The summed E-state index contributed by atoms with van der Waals surface area (Å²) >= 11 is 0. The summed E-state index contributed by atoms with van der Waals surface area (Å²) in [7, 11) is 0. The van der Waals surface area contributed by atoms with Gasteiger partial charge >= 0.3 is 0 Å². The first kappa shape index (κ1) is 68.0. The fourth-order valence-corrected chi connectivity index (χ4v) is 11.7. The lowest BCUT2D eigenvalue weighted by Gasteiger charge is -2.49. The van der Waals surface area contributed by atoms with Crippen molar-refractivity contribution in [2.75, 3.05) is 52.9 Å². The highest BCUT2D eigenvalue weighted by Gasteiger charge is 2.57. The summed E-state index contributed by atoms with van der Waals surface area (Å²) in [5.41, 5.74) is 0. The zero-order valence-corrected chi connectivity index (χ0v) is 46.4. The maximum atomic E-state index is 11.6. The van der Waals surface area contributed by atoms with E-state index in [2.05, 4.69) is 0 Å². The van der Waals surface area contributed by atoms with E-state index in [0.717, 1.165) is 0 Å². The van der Waals surface area contributed by atoms with Crippen molar-refractivity contribution >= 4 is 0 Å². The molecule has 470 valence electrons. The van der Waals surface area contributed by atoms with E-state index in [1.807, 2.05) is 0 Å². The Labute approximate surface area is 464 Å². The van der Waals surface area contributed by atoms with Gasteiger partial charge in [0.2, 0.25) is 0 Å². The molecule has 6 saturated heterocycles. The minimum atomic E-state index is -2.00. The Kier molecular flexibility index (Phi) is 25.5. The zero-order chi connectivity index (χ0) is 59.3. The second kappa shape index (κ2) is 30.0. The molecule has 80 heavy (non-hydrogen) atoms. The Morgan fingerprint density at radius 1 is 0.312 bits per heavy atom. The quantitative estimate of drug-likeness (QED) is 0.0427. The fourth-order valence-electron chi connectivity index (χ4n) is 11.7. The third-order valence-electron chi connectivity index (χ3n) is 16.2. The molecule has 6 aliphatic rings. The minimum Gasteiger partial charge on any atom is -0.394 e. The van der Waals surface area contributed by atoms with Crippen molar-refractivity contribution in [3.05, 3.63) is 0 Å². The van der Waals surface area contributed by atoms with Crippen molar-refractivity contribution in [2.45, 2.75) is 233 Å². The van der Waals surface area contributed by atoms with Crippen LogP contribution in [0.5, 0.6) is 0 Å². The normalized spacial score (nSPS) is 47.4. The van der Waals surface area contributed by atoms with E-state index >= 15 is 0 Å². The molecule has 31 atom stereocenters. The Morgan fingerprint density at radius 2 is 0.575 bits per heavy atom. The number of ether oxygens (including phenoxy) is 12. The average molecular weight is 1170 g/mol. The molecule has 6 rings (SSSR count). The predicted molar refractivity (Wildman–Crippen MR) is 266 cm³/mol. The Balaban J connectivity index is 1.17. The summed E-state index contributed by atoms with van der Waals surface area (Å²) in [6, 6.07) is 0. The Hall–Kier alpha value is -1.16. The first-order valence-corrected chi connectivity index (χ1v) is 27.7. The van der Waals surface area contributed by atoms with Gasteiger partial charge in [-0.1, -0.05) is 55.4 Å². The van der Waals surface area contributed by atoms with Crippen LogP contribution in [0.3, 0.4) is 0 Å². The molecule has 17 N–H and O–H groups in total. The largest absolute Gasteiger partial charge is 0.394 e. The molecule has 6 fully saturated rings. The molecule has 29 heteroatoms. The Morgan fingerprint density at radius 3 is 0.850 bits per heavy atom. The van der Waals surface area contributed by atoms with Crippen LogP contribution in [-0.4, -0.2) is 317 Å².